The quantitative estimate of drug-likeness (QED) is 0.846. The second-order valence-electron chi connectivity index (χ2n) is 5.25. The first-order valence-electron chi connectivity index (χ1n) is 7.47. The molecule has 0 unspecified atom stereocenters. The maximum absolute atomic E-state index is 11.9. The lowest BCUT2D eigenvalue weighted by Crippen LogP contribution is -2.48. The van der Waals surface area contributed by atoms with E-state index in [-0.39, 0.29) is 5.91 Å². The lowest BCUT2D eigenvalue weighted by molar-refractivity contribution is -0.132. The van der Waals surface area contributed by atoms with Crippen molar-refractivity contribution in [2.45, 2.75) is 0 Å². The number of hydrogen-bond acceptors (Lipinski definition) is 6. The van der Waals surface area contributed by atoms with Crippen LogP contribution in [-0.2, 0) is 9.59 Å². The fourth-order valence-corrected chi connectivity index (χ4v) is 3.15. The zero-order valence-corrected chi connectivity index (χ0v) is 13.6. The highest BCUT2D eigenvalue weighted by molar-refractivity contribution is 7.09. The number of piperazine rings is 1. The molecule has 24 heavy (non-hydrogen) atoms. The Labute approximate surface area is 143 Å². The number of hydrogen-bond donors (Lipinski definition) is 1. The van der Waals surface area contributed by atoms with Crippen LogP contribution in [0.1, 0.15) is 0 Å². The van der Waals surface area contributed by atoms with Gasteiger partial charge < -0.3 is 14.9 Å². The minimum absolute atomic E-state index is 0.278. The van der Waals surface area contributed by atoms with Crippen LogP contribution in [0.4, 0.5) is 5.13 Å². The molecule has 1 aromatic heterocycles. The smallest absolute Gasteiger partial charge is 0.328 e. The molecule has 124 valence electrons. The molecule has 0 atom stereocenters. The summed E-state index contributed by atoms with van der Waals surface area (Å²) in [7, 11) is 0. The number of benzene rings is 1. The first-order chi connectivity index (χ1) is 11.6. The van der Waals surface area contributed by atoms with Crippen LogP contribution in [-0.4, -0.2) is 57.4 Å². The number of rotatable bonds is 4. The summed E-state index contributed by atoms with van der Waals surface area (Å²) in [5, 5.41) is 9.40. The number of aliphatic carboxylic acids is 1. The Balaban J connectivity index is 1.60. The summed E-state index contributed by atoms with van der Waals surface area (Å²) >= 11 is 1.34. The van der Waals surface area contributed by atoms with Crippen molar-refractivity contribution in [1.29, 1.82) is 0 Å². The predicted octanol–water partition coefficient (Wildman–Crippen LogP) is 1.49. The summed E-state index contributed by atoms with van der Waals surface area (Å²) in [6, 6.07) is 9.79. The largest absolute Gasteiger partial charge is 0.478 e. The highest BCUT2D eigenvalue weighted by Gasteiger charge is 2.22. The number of nitrogens with zero attached hydrogens (tertiary/aromatic N) is 4. The molecule has 0 spiro atoms. The number of carboxylic acid groups (broad SMARTS) is 1. The summed E-state index contributed by atoms with van der Waals surface area (Å²) in [5.74, 6) is -0.693. The summed E-state index contributed by atoms with van der Waals surface area (Å²) in [6.45, 7) is 2.36. The van der Waals surface area contributed by atoms with Gasteiger partial charge in [0.15, 0.2) is 5.82 Å². The van der Waals surface area contributed by atoms with Crippen molar-refractivity contribution in [3.05, 3.63) is 42.5 Å². The van der Waals surface area contributed by atoms with Crippen molar-refractivity contribution < 1.29 is 14.7 Å². The number of aromatic nitrogens is 2. The van der Waals surface area contributed by atoms with Gasteiger partial charge in [-0.15, -0.1) is 0 Å². The Morgan fingerprint density at radius 2 is 1.79 bits per heavy atom. The summed E-state index contributed by atoms with van der Waals surface area (Å²) < 4.78 is 4.40. The van der Waals surface area contributed by atoms with Gasteiger partial charge in [-0.1, -0.05) is 30.3 Å². The SMILES string of the molecule is O=C(O)/C=C/C(=O)N1CCN(c2nc(-c3ccccc3)ns2)CC1. The fourth-order valence-electron chi connectivity index (χ4n) is 2.41. The van der Waals surface area contributed by atoms with Gasteiger partial charge in [-0.05, 0) is 0 Å². The van der Waals surface area contributed by atoms with Crippen molar-refractivity contribution in [1.82, 2.24) is 14.3 Å². The third kappa shape index (κ3) is 3.77. The van der Waals surface area contributed by atoms with E-state index >= 15 is 0 Å². The molecule has 1 aliphatic heterocycles. The molecule has 3 rings (SSSR count). The molecular formula is C16H16N4O3S. The monoisotopic (exact) mass is 344 g/mol. The van der Waals surface area contributed by atoms with Crippen LogP contribution in [0.15, 0.2) is 42.5 Å². The zero-order chi connectivity index (χ0) is 16.9. The third-order valence-electron chi connectivity index (χ3n) is 3.68. The number of carbonyl (C=O) groups excluding carboxylic acids is 1. The van der Waals surface area contributed by atoms with Crippen LogP contribution in [0.25, 0.3) is 11.4 Å². The number of carbonyl (C=O) groups is 2. The van der Waals surface area contributed by atoms with Crippen molar-refractivity contribution >= 4 is 28.5 Å². The van der Waals surface area contributed by atoms with E-state index in [0.29, 0.717) is 32.0 Å². The molecule has 1 N–H and O–H groups in total. The van der Waals surface area contributed by atoms with Crippen LogP contribution >= 0.6 is 11.5 Å². The van der Waals surface area contributed by atoms with Gasteiger partial charge in [0.05, 0.1) is 0 Å². The summed E-state index contributed by atoms with van der Waals surface area (Å²) in [5.41, 5.74) is 0.979. The van der Waals surface area contributed by atoms with Crippen molar-refractivity contribution in [3.63, 3.8) is 0 Å². The number of anilines is 1. The second kappa shape index (κ2) is 7.22. The Morgan fingerprint density at radius 3 is 2.46 bits per heavy atom. The summed E-state index contributed by atoms with van der Waals surface area (Å²) in [4.78, 5) is 30.6. The molecule has 7 nitrogen and oxygen atoms in total. The third-order valence-corrected chi connectivity index (χ3v) is 4.45. The van der Waals surface area contributed by atoms with E-state index in [2.05, 4.69) is 14.3 Å². The lowest BCUT2D eigenvalue weighted by atomic mass is 10.2. The molecule has 1 saturated heterocycles. The molecule has 2 heterocycles. The van der Waals surface area contributed by atoms with Gasteiger partial charge >= 0.3 is 5.97 Å². The second-order valence-corrected chi connectivity index (χ2v) is 5.98. The Bertz CT molecular complexity index is 752. The van der Waals surface area contributed by atoms with E-state index in [4.69, 9.17) is 5.11 Å². The van der Waals surface area contributed by atoms with Crippen LogP contribution < -0.4 is 4.90 Å². The number of carboxylic acids is 1. The highest BCUT2D eigenvalue weighted by atomic mass is 32.1. The van der Waals surface area contributed by atoms with Gasteiger partial charge in [-0.2, -0.15) is 9.36 Å². The van der Waals surface area contributed by atoms with Crippen molar-refractivity contribution in [2.24, 2.45) is 0 Å². The molecule has 8 heteroatoms. The molecule has 0 saturated carbocycles. The zero-order valence-electron chi connectivity index (χ0n) is 12.8. The molecule has 1 aliphatic rings. The van der Waals surface area contributed by atoms with Crippen LogP contribution in [0, 0.1) is 0 Å². The van der Waals surface area contributed by atoms with Crippen LogP contribution in [0.2, 0.25) is 0 Å². The normalized spacial score (nSPS) is 15.0. The van der Waals surface area contributed by atoms with E-state index in [1.165, 1.54) is 11.5 Å². The van der Waals surface area contributed by atoms with E-state index in [9.17, 15) is 9.59 Å². The average Bonchev–Trinajstić information content (AvgIpc) is 3.10. The van der Waals surface area contributed by atoms with Crippen molar-refractivity contribution in [2.75, 3.05) is 31.1 Å². The molecule has 1 fully saturated rings. The van der Waals surface area contributed by atoms with Crippen LogP contribution in [0.3, 0.4) is 0 Å². The summed E-state index contributed by atoms with van der Waals surface area (Å²) in [6.07, 6.45) is 1.96. The topological polar surface area (TPSA) is 86.6 Å². The van der Waals surface area contributed by atoms with Crippen molar-refractivity contribution in [3.8, 4) is 11.4 Å². The first kappa shape index (κ1) is 16.1. The number of amides is 1. The van der Waals surface area contributed by atoms with Crippen LogP contribution in [0.5, 0.6) is 0 Å². The molecule has 1 amide bonds. The van der Waals surface area contributed by atoms with Gasteiger partial charge in [0.2, 0.25) is 11.0 Å². The Morgan fingerprint density at radius 1 is 1.08 bits per heavy atom. The Hall–Kier alpha value is -2.74. The molecular weight excluding hydrogens is 328 g/mol. The predicted molar refractivity (Wildman–Crippen MR) is 90.9 cm³/mol. The van der Waals surface area contributed by atoms with Gasteiger partial charge in [0, 0.05) is 55.4 Å². The molecule has 0 radical (unpaired) electrons. The van der Waals surface area contributed by atoms with E-state index in [1.807, 2.05) is 30.3 Å². The van der Waals surface area contributed by atoms with Gasteiger partial charge in [-0.25, -0.2) is 4.79 Å². The van der Waals surface area contributed by atoms with E-state index in [1.54, 1.807) is 4.90 Å². The molecule has 0 bridgehead atoms. The maximum Gasteiger partial charge on any atom is 0.328 e. The Kier molecular flexibility index (Phi) is 4.85. The molecule has 2 aromatic rings. The minimum atomic E-state index is -1.12. The van der Waals surface area contributed by atoms with E-state index < -0.39 is 5.97 Å². The van der Waals surface area contributed by atoms with Gasteiger partial charge in [-0.3, -0.25) is 4.79 Å². The van der Waals surface area contributed by atoms with E-state index in [0.717, 1.165) is 22.8 Å². The average molecular weight is 344 g/mol. The van der Waals surface area contributed by atoms with Gasteiger partial charge in [0.1, 0.15) is 0 Å². The lowest BCUT2D eigenvalue weighted by Gasteiger charge is -2.33. The molecule has 1 aromatic carbocycles. The first-order valence-corrected chi connectivity index (χ1v) is 8.25. The van der Waals surface area contributed by atoms with Gasteiger partial charge in [0.25, 0.3) is 0 Å². The highest BCUT2D eigenvalue weighted by Crippen LogP contribution is 2.24. The standard InChI is InChI=1S/C16H16N4O3S/c21-13(6-7-14(22)23)19-8-10-20(11-9-19)16-17-15(18-24-16)12-4-2-1-3-5-12/h1-7H,8-11H2,(H,22,23)/b7-6+. The fraction of sp³-hybridized carbons (Fsp3) is 0.250. The maximum atomic E-state index is 11.9. The molecule has 0 aliphatic carbocycles. The minimum Gasteiger partial charge on any atom is -0.478 e.